The number of carbonyl (C=O) groups excluding carboxylic acids is 1. The van der Waals surface area contributed by atoms with Crippen LogP contribution >= 0.6 is 0 Å². The van der Waals surface area contributed by atoms with E-state index in [2.05, 4.69) is 4.98 Å². The zero-order valence-corrected chi connectivity index (χ0v) is 17.2. The third kappa shape index (κ3) is 4.80. The molecular formula is C20H27N3O4S. The number of rotatable bonds is 7. The molecule has 8 heteroatoms. The number of ether oxygens (including phenoxy) is 1. The topological polar surface area (TPSA) is 81.5 Å². The van der Waals surface area contributed by atoms with Crippen molar-refractivity contribution in [1.29, 1.82) is 0 Å². The summed E-state index contributed by atoms with van der Waals surface area (Å²) in [5.41, 5.74) is 2.16. The van der Waals surface area contributed by atoms with Gasteiger partial charge in [-0.05, 0) is 50.8 Å². The molecule has 2 aromatic heterocycles. The molecule has 0 saturated carbocycles. The first-order chi connectivity index (χ1) is 13.4. The Morgan fingerprint density at radius 3 is 2.68 bits per heavy atom. The van der Waals surface area contributed by atoms with E-state index in [-0.39, 0.29) is 17.2 Å². The first kappa shape index (κ1) is 20.5. The first-order valence-corrected chi connectivity index (χ1v) is 11.1. The summed E-state index contributed by atoms with van der Waals surface area (Å²) in [4.78, 5) is 16.9. The average molecular weight is 406 g/mol. The molecule has 0 radical (unpaired) electrons. The maximum absolute atomic E-state index is 12.8. The number of pyridine rings is 1. The van der Waals surface area contributed by atoms with Gasteiger partial charge >= 0.3 is 5.97 Å². The van der Waals surface area contributed by atoms with Crippen molar-refractivity contribution in [2.75, 3.05) is 19.7 Å². The van der Waals surface area contributed by atoms with Gasteiger partial charge in [-0.1, -0.05) is 12.5 Å². The van der Waals surface area contributed by atoms with Gasteiger partial charge in [0.15, 0.2) is 0 Å². The van der Waals surface area contributed by atoms with Gasteiger partial charge in [0.1, 0.15) is 10.6 Å². The van der Waals surface area contributed by atoms with Gasteiger partial charge in [0, 0.05) is 37.7 Å². The van der Waals surface area contributed by atoms with Crippen LogP contribution in [-0.4, -0.2) is 47.9 Å². The van der Waals surface area contributed by atoms with Crippen LogP contribution in [0.4, 0.5) is 0 Å². The average Bonchev–Trinajstić information content (AvgIpc) is 3.08. The van der Waals surface area contributed by atoms with Gasteiger partial charge in [-0.2, -0.15) is 4.31 Å². The number of hydrogen-bond donors (Lipinski definition) is 0. The molecule has 1 fully saturated rings. The number of aryl methyl sites for hydroxylation is 3. The van der Waals surface area contributed by atoms with Crippen LogP contribution in [0.5, 0.6) is 0 Å². The van der Waals surface area contributed by atoms with Gasteiger partial charge in [-0.15, -0.1) is 0 Å². The van der Waals surface area contributed by atoms with Crippen molar-refractivity contribution in [2.24, 2.45) is 7.05 Å². The molecule has 1 aliphatic rings. The van der Waals surface area contributed by atoms with E-state index in [1.54, 1.807) is 7.05 Å². The lowest BCUT2D eigenvalue weighted by Crippen LogP contribution is -2.35. The molecule has 0 unspecified atom stereocenters. The molecule has 0 bridgehead atoms. The van der Waals surface area contributed by atoms with E-state index in [9.17, 15) is 13.2 Å². The molecule has 2 aromatic rings. The summed E-state index contributed by atoms with van der Waals surface area (Å²) in [6.07, 6.45) is 5.66. The summed E-state index contributed by atoms with van der Waals surface area (Å²) in [5.74, 6) is -0.514. The van der Waals surface area contributed by atoms with Crippen molar-refractivity contribution >= 4 is 16.0 Å². The molecular weight excluding hydrogens is 378 g/mol. The second-order valence-electron chi connectivity index (χ2n) is 7.15. The van der Waals surface area contributed by atoms with Crippen LogP contribution in [0.15, 0.2) is 35.4 Å². The number of piperidine rings is 1. The number of nitrogens with zero attached hydrogens (tertiary/aromatic N) is 3. The van der Waals surface area contributed by atoms with E-state index in [4.69, 9.17) is 4.74 Å². The van der Waals surface area contributed by atoms with Crippen molar-refractivity contribution in [3.63, 3.8) is 0 Å². The SMILES string of the molecule is Cc1cccc(CCCOC(=O)c2cc(S(=O)(=O)N3CCCCC3)cn2C)n1. The Balaban J connectivity index is 1.58. The fourth-order valence-electron chi connectivity index (χ4n) is 3.36. The predicted molar refractivity (Wildman–Crippen MR) is 106 cm³/mol. The number of hydrogen-bond acceptors (Lipinski definition) is 5. The predicted octanol–water partition coefficient (Wildman–Crippen LogP) is 2.69. The maximum atomic E-state index is 12.8. The Morgan fingerprint density at radius 2 is 1.96 bits per heavy atom. The van der Waals surface area contributed by atoms with Crippen molar-refractivity contribution in [2.45, 2.75) is 43.9 Å². The highest BCUT2D eigenvalue weighted by Gasteiger charge is 2.28. The number of esters is 1. The van der Waals surface area contributed by atoms with Crippen LogP contribution in [0, 0.1) is 6.92 Å². The molecule has 0 atom stereocenters. The van der Waals surface area contributed by atoms with Crippen molar-refractivity contribution in [1.82, 2.24) is 13.9 Å². The zero-order valence-electron chi connectivity index (χ0n) is 16.4. The van der Waals surface area contributed by atoms with Crippen LogP contribution in [0.3, 0.4) is 0 Å². The van der Waals surface area contributed by atoms with Crippen molar-refractivity contribution < 1.29 is 17.9 Å². The van der Waals surface area contributed by atoms with E-state index in [1.807, 2.05) is 25.1 Å². The number of aromatic nitrogens is 2. The highest BCUT2D eigenvalue weighted by atomic mass is 32.2. The molecule has 1 saturated heterocycles. The van der Waals surface area contributed by atoms with Gasteiger partial charge in [0.2, 0.25) is 10.0 Å². The molecule has 3 heterocycles. The van der Waals surface area contributed by atoms with Crippen LogP contribution in [0.25, 0.3) is 0 Å². The summed E-state index contributed by atoms with van der Waals surface area (Å²) in [6.45, 7) is 3.26. The molecule has 3 rings (SSSR count). The Bertz CT molecular complexity index is 931. The Hall–Kier alpha value is -2.19. The van der Waals surface area contributed by atoms with E-state index in [1.165, 1.54) is 21.1 Å². The Labute approximate surface area is 166 Å². The van der Waals surface area contributed by atoms with Gasteiger partial charge in [0.05, 0.1) is 6.61 Å². The summed E-state index contributed by atoms with van der Waals surface area (Å²) in [7, 11) is -1.91. The summed E-state index contributed by atoms with van der Waals surface area (Å²) in [6, 6.07) is 7.25. The standard InChI is InChI=1S/C20H27N3O4S/c1-16-8-6-9-17(21-16)10-7-13-27-20(24)19-14-18(15-22(19)2)28(25,26)23-11-4-3-5-12-23/h6,8-9,14-15H,3-5,7,10-13H2,1-2H3. The Morgan fingerprint density at radius 1 is 1.21 bits per heavy atom. The van der Waals surface area contributed by atoms with Crippen LogP contribution in [-0.2, 0) is 28.2 Å². The third-order valence-electron chi connectivity index (χ3n) is 4.90. The molecule has 7 nitrogen and oxygen atoms in total. The lowest BCUT2D eigenvalue weighted by atomic mass is 10.2. The van der Waals surface area contributed by atoms with Gasteiger partial charge < -0.3 is 9.30 Å². The van der Waals surface area contributed by atoms with Crippen LogP contribution in [0.2, 0.25) is 0 Å². The Kier molecular flexibility index (Phi) is 6.51. The van der Waals surface area contributed by atoms with E-state index in [0.717, 1.165) is 37.1 Å². The summed E-state index contributed by atoms with van der Waals surface area (Å²) < 4.78 is 33.9. The number of carbonyl (C=O) groups is 1. The molecule has 1 aliphatic heterocycles. The second-order valence-corrected chi connectivity index (χ2v) is 9.08. The van der Waals surface area contributed by atoms with E-state index in [0.29, 0.717) is 19.5 Å². The minimum atomic E-state index is -3.57. The normalized spacial score (nSPS) is 15.5. The summed E-state index contributed by atoms with van der Waals surface area (Å²) >= 11 is 0. The quantitative estimate of drug-likeness (QED) is 0.523. The minimum absolute atomic E-state index is 0.146. The van der Waals surface area contributed by atoms with Crippen molar-refractivity contribution in [3.05, 3.63) is 47.5 Å². The maximum Gasteiger partial charge on any atom is 0.354 e. The molecule has 0 aliphatic carbocycles. The lowest BCUT2D eigenvalue weighted by molar-refractivity contribution is 0.0489. The zero-order chi connectivity index (χ0) is 20.1. The lowest BCUT2D eigenvalue weighted by Gasteiger charge is -2.25. The first-order valence-electron chi connectivity index (χ1n) is 9.64. The minimum Gasteiger partial charge on any atom is -0.461 e. The smallest absolute Gasteiger partial charge is 0.354 e. The molecule has 0 amide bonds. The largest absolute Gasteiger partial charge is 0.461 e. The molecule has 152 valence electrons. The number of sulfonamides is 1. The molecule has 0 N–H and O–H groups in total. The van der Waals surface area contributed by atoms with Crippen molar-refractivity contribution in [3.8, 4) is 0 Å². The highest BCUT2D eigenvalue weighted by Crippen LogP contribution is 2.22. The highest BCUT2D eigenvalue weighted by molar-refractivity contribution is 7.89. The van der Waals surface area contributed by atoms with Crippen LogP contribution < -0.4 is 0 Å². The fourth-order valence-corrected chi connectivity index (χ4v) is 4.95. The molecule has 0 spiro atoms. The monoisotopic (exact) mass is 405 g/mol. The fraction of sp³-hybridized carbons (Fsp3) is 0.500. The molecule has 28 heavy (non-hydrogen) atoms. The summed E-state index contributed by atoms with van der Waals surface area (Å²) in [5, 5.41) is 0. The van der Waals surface area contributed by atoms with Crippen LogP contribution in [0.1, 0.15) is 47.6 Å². The van der Waals surface area contributed by atoms with E-state index < -0.39 is 16.0 Å². The van der Waals surface area contributed by atoms with Gasteiger partial charge in [-0.3, -0.25) is 4.98 Å². The molecule has 0 aromatic carbocycles. The second kappa shape index (κ2) is 8.87. The van der Waals surface area contributed by atoms with Gasteiger partial charge in [-0.25, -0.2) is 13.2 Å². The third-order valence-corrected chi connectivity index (χ3v) is 6.76. The van der Waals surface area contributed by atoms with Gasteiger partial charge in [0.25, 0.3) is 0 Å². The van der Waals surface area contributed by atoms with E-state index >= 15 is 0 Å².